The van der Waals surface area contributed by atoms with Crippen molar-refractivity contribution >= 4 is 0 Å². The first-order chi connectivity index (χ1) is 9.69. The van der Waals surface area contributed by atoms with E-state index in [1.807, 2.05) is 12.1 Å². The molecule has 1 aliphatic carbocycles. The third kappa shape index (κ3) is 3.25. The molecule has 0 bridgehead atoms. The monoisotopic (exact) mass is 278 g/mol. The Morgan fingerprint density at radius 3 is 2.55 bits per heavy atom. The Labute approximate surface area is 121 Å². The molecule has 2 rings (SSSR count). The lowest BCUT2D eigenvalue weighted by atomic mass is 9.84. The molecule has 112 valence electrons. The smallest absolute Gasteiger partial charge is 0.127 e. The maximum absolute atomic E-state index is 6.01. The highest BCUT2D eigenvalue weighted by atomic mass is 16.5. The lowest BCUT2D eigenvalue weighted by Gasteiger charge is -2.35. The fourth-order valence-electron chi connectivity index (χ4n) is 2.85. The molecule has 1 fully saturated rings. The Bertz CT molecular complexity index is 432. The molecule has 0 aromatic heterocycles. The fourth-order valence-corrected chi connectivity index (χ4v) is 2.85. The number of likely N-dealkylation sites (N-methyl/N-ethyl adjacent to an activating group) is 1. The zero-order chi connectivity index (χ0) is 14.5. The van der Waals surface area contributed by atoms with Gasteiger partial charge in [0, 0.05) is 24.7 Å². The number of rotatable bonds is 7. The molecule has 1 atom stereocenters. The Morgan fingerprint density at radius 1 is 1.30 bits per heavy atom. The van der Waals surface area contributed by atoms with Crippen LogP contribution in [0.3, 0.4) is 0 Å². The quantitative estimate of drug-likeness (QED) is 0.832. The van der Waals surface area contributed by atoms with E-state index < -0.39 is 0 Å². The van der Waals surface area contributed by atoms with Crippen molar-refractivity contribution in [3.05, 3.63) is 23.8 Å². The Kier molecular flexibility index (Phi) is 5.26. The van der Waals surface area contributed by atoms with Gasteiger partial charge in [0.25, 0.3) is 0 Å². The van der Waals surface area contributed by atoms with E-state index in [2.05, 4.69) is 18.0 Å². The average molecular weight is 278 g/mol. The number of methoxy groups -OCH3 is 2. The van der Waals surface area contributed by atoms with Crippen molar-refractivity contribution < 1.29 is 9.47 Å². The highest BCUT2D eigenvalue weighted by Gasteiger charge is 2.25. The van der Waals surface area contributed by atoms with Gasteiger partial charge in [0.2, 0.25) is 0 Å². The van der Waals surface area contributed by atoms with Crippen LogP contribution in [0.15, 0.2) is 18.2 Å². The highest BCUT2D eigenvalue weighted by Crippen LogP contribution is 2.34. The van der Waals surface area contributed by atoms with Crippen molar-refractivity contribution in [2.24, 2.45) is 11.7 Å². The first kappa shape index (κ1) is 15.1. The summed E-state index contributed by atoms with van der Waals surface area (Å²) in [6, 6.07) is 6.15. The molecule has 0 saturated heterocycles. The zero-order valence-electron chi connectivity index (χ0n) is 12.8. The first-order valence-electron chi connectivity index (χ1n) is 7.31. The molecule has 0 aliphatic heterocycles. The Hall–Kier alpha value is -1.26. The largest absolute Gasteiger partial charge is 0.497 e. The number of hydrogen-bond donors (Lipinski definition) is 1. The fraction of sp³-hybridized carbons (Fsp3) is 0.625. The molecule has 4 heteroatoms. The van der Waals surface area contributed by atoms with Gasteiger partial charge in [-0.25, -0.2) is 0 Å². The van der Waals surface area contributed by atoms with Gasteiger partial charge in [-0.15, -0.1) is 0 Å². The predicted molar refractivity (Wildman–Crippen MR) is 81.3 cm³/mol. The van der Waals surface area contributed by atoms with Crippen molar-refractivity contribution in [2.45, 2.75) is 25.3 Å². The van der Waals surface area contributed by atoms with E-state index >= 15 is 0 Å². The molecule has 0 radical (unpaired) electrons. The van der Waals surface area contributed by atoms with Crippen LogP contribution in [0.4, 0.5) is 0 Å². The summed E-state index contributed by atoms with van der Waals surface area (Å²) >= 11 is 0. The second kappa shape index (κ2) is 6.95. The zero-order valence-corrected chi connectivity index (χ0v) is 12.8. The van der Waals surface area contributed by atoms with Crippen LogP contribution in [0.1, 0.15) is 30.9 Å². The van der Waals surface area contributed by atoms with Gasteiger partial charge in [0.05, 0.1) is 20.3 Å². The van der Waals surface area contributed by atoms with Crippen molar-refractivity contribution in [1.29, 1.82) is 0 Å². The number of ether oxygens (including phenoxy) is 2. The van der Waals surface area contributed by atoms with Gasteiger partial charge in [-0.1, -0.05) is 12.5 Å². The molecule has 0 amide bonds. The third-order valence-corrected chi connectivity index (χ3v) is 4.33. The molecule has 4 nitrogen and oxygen atoms in total. The lowest BCUT2D eigenvalue weighted by Crippen LogP contribution is -2.36. The van der Waals surface area contributed by atoms with Gasteiger partial charge in [-0.05, 0) is 31.9 Å². The summed E-state index contributed by atoms with van der Waals surface area (Å²) in [6.45, 7) is 1.70. The Balaban J connectivity index is 2.16. The summed E-state index contributed by atoms with van der Waals surface area (Å²) in [7, 11) is 5.51. The molecule has 2 N–H and O–H groups in total. The van der Waals surface area contributed by atoms with Crippen LogP contribution in [0.5, 0.6) is 11.5 Å². The van der Waals surface area contributed by atoms with E-state index in [1.54, 1.807) is 14.2 Å². The van der Waals surface area contributed by atoms with E-state index in [-0.39, 0.29) is 6.04 Å². The summed E-state index contributed by atoms with van der Waals surface area (Å²) in [5.74, 6) is 2.49. The van der Waals surface area contributed by atoms with Crippen molar-refractivity contribution in [3.8, 4) is 11.5 Å². The van der Waals surface area contributed by atoms with E-state index in [1.165, 1.54) is 19.3 Å². The van der Waals surface area contributed by atoms with Crippen LogP contribution in [0.25, 0.3) is 0 Å². The molecule has 1 aromatic carbocycles. The van der Waals surface area contributed by atoms with Crippen molar-refractivity contribution in [2.75, 3.05) is 34.4 Å². The summed E-state index contributed by atoms with van der Waals surface area (Å²) < 4.78 is 10.8. The van der Waals surface area contributed by atoms with Crippen LogP contribution in [-0.4, -0.2) is 39.3 Å². The van der Waals surface area contributed by atoms with E-state index in [4.69, 9.17) is 15.2 Å². The minimum Gasteiger partial charge on any atom is -0.497 e. The second-order valence-electron chi connectivity index (χ2n) is 5.60. The van der Waals surface area contributed by atoms with Crippen molar-refractivity contribution in [1.82, 2.24) is 4.90 Å². The van der Waals surface area contributed by atoms with Gasteiger partial charge < -0.3 is 15.2 Å². The highest BCUT2D eigenvalue weighted by molar-refractivity contribution is 5.42. The van der Waals surface area contributed by atoms with E-state index in [0.717, 1.165) is 29.5 Å². The third-order valence-electron chi connectivity index (χ3n) is 4.33. The van der Waals surface area contributed by atoms with Gasteiger partial charge in [0.15, 0.2) is 0 Å². The van der Waals surface area contributed by atoms with Crippen LogP contribution in [0, 0.1) is 5.92 Å². The number of benzene rings is 1. The summed E-state index contributed by atoms with van der Waals surface area (Å²) in [6.07, 6.45) is 4.07. The Morgan fingerprint density at radius 2 is 2.05 bits per heavy atom. The average Bonchev–Trinajstić information content (AvgIpc) is 2.44. The molecule has 0 spiro atoms. The molecule has 20 heavy (non-hydrogen) atoms. The van der Waals surface area contributed by atoms with E-state index in [0.29, 0.717) is 6.54 Å². The maximum Gasteiger partial charge on any atom is 0.127 e. The van der Waals surface area contributed by atoms with Crippen LogP contribution in [-0.2, 0) is 0 Å². The molecule has 1 saturated carbocycles. The van der Waals surface area contributed by atoms with Crippen LogP contribution < -0.4 is 15.2 Å². The normalized spacial score (nSPS) is 16.9. The van der Waals surface area contributed by atoms with E-state index in [9.17, 15) is 0 Å². The van der Waals surface area contributed by atoms with Gasteiger partial charge >= 0.3 is 0 Å². The molecular weight excluding hydrogens is 252 g/mol. The number of nitrogens with two attached hydrogens (primary N) is 1. The standard InChI is InChI=1S/C16H26N2O2/c1-18(11-12-5-4-6-12)15(10-17)14-8-7-13(19-2)9-16(14)20-3/h7-9,12,15H,4-6,10-11,17H2,1-3H3. The summed E-state index contributed by atoms with van der Waals surface area (Å²) in [4.78, 5) is 2.36. The molecule has 1 aromatic rings. The molecule has 0 heterocycles. The minimum atomic E-state index is 0.191. The first-order valence-corrected chi connectivity index (χ1v) is 7.31. The maximum atomic E-state index is 6.01. The van der Waals surface area contributed by atoms with Crippen LogP contribution >= 0.6 is 0 Å². The summed E-state index contributed by atoms with van der Waals surface area (Å²) in [5.41, 5.74) is 7.14. The van der Waals surface area contributed by atoms with Gasteiger partial charge in [-0.3, -0.25) is 4.90 Å². The van der Waals surface area contributed by atoms with Gasteiger partial charge in [-0.2, -0.15) is 0 Å². The number of nitrogens with zero attached hydrogens (tertiary/aromatic N) is 1. The second-order valence-corrected chi connectivity index (χ2v) is 5.60. The topological polar surface area (TPSA) is 47.7 Å². The molecule has 1 unspecified atom stereocenters. The van der Waals surface area contributed by atoms with Crippen LogP contribution in [0.2, 0.25) is 0 Å². The summed E-state index contributed by atoms with van der Waals surface area (Å²) in [5, 5.41) is 0. The van der Waals surface area contributed by atoms with Crippen molar-refractivity contribution in [3.63, 3.8) is 0 Å². The molecular formula is C16H26N2O2. The van der Waals surface area contributed by atoms with Gasteiger partial charge in [0.1, 0.15) is 11.5 Å². The molecule has 1 aliphatic rings. The number of hydrogen-bond acceptors (Lipinski definition) is 4. The SMILES string of the molecule is COc1ccc(C(CN)N(C)CC2CCC2)c(OC)c1. The minimum absolute atomic E-state index is 0.191. The predicted octanol–water partition coefficient (Wildman–Crippen LogP) is 2.44. The lowest BCUT2D eigenvalue weighted by molar-refractivity contribution is 0.163.